The molecule has 1 aliphatic rings. The molecule has 2 N–H and O–H groups in total. The van der Waals surface area contributed by atoms with Gasteiger partial charge in [-0.2, -0.15) is 0 Å². The number of thioether (sulfide) groups is 1. The molecule has 0 aromatic heterocycles. The van der Waals surface area contributed by atoms with Crippen LogP contribution >= 0.6 is 11.8 Å². The van der Waals surface area contributed by atoms with Crippen molar-refractivity contribution in [3.63, 3.8) is 0 Å². The maximum Gasteiger partial charge on any atom is 0.231 e. The normalized spacial score (nSPS) is 21.9. The van der Waals surface area contributed by atoms with Crippen molar-refractivity contribution >= 4 is 23.4 Å². The zero-order chi connectivity index (χ0) is 14.4. The monoisotopic (exact) mass is 292 g/mol. The van der Waals surface area contributed by atoms with Crippen molar-refractivity contribution in [3.05, 3.63) is 24.3 Å². The number of carbonyl (C=O) groups is 1. The van der Waals surface area contributed by atoms with Gasteiger partial charge in [-0.3, -0.25) is 4.79 Å². The van der Waals surface area contributed by atoms with Crippen LogP contribution in [0.25, 0.3) is 0 Å². The predicted octanol–water partition coefficient (Wildman–Crippen LogP) is 3.52. The summed E-state index contributed by atoms with van der Waals surface area (Å²) in [4.78, 5) is 13.9. The van der Waals surface area contributed by atoms with Gasteiger partial charge in [-0.05, 0) is 37.3 Å². The van der Waals surface area contributed by atoms with E-state index >= 15 is 0 Å². The van der Waals surface area contributed by atoms with Crippen molar-refractivity contribution < 1.29 is 4.79 Å². The predicted molar refractivity (Wildman–Crippen MR) is 86.3 cm³/mol. The second-order valence-electron chi connectivity index (χ2n) is 5.34. The maximum absolute atomic E-state index is 12.7. The molecule has 4 heteroatoms. The number of hydrogen-bond acceptors (Lipinski definition) is 3. The number of amides is 1. The van der Waals surface area contributed by atoms with Crippen LogP contribution in [0.3, 0.4) is 0 Å². The third-order valence-corrected chi connectivity index (χ3v) is 4.84. The van der Waals surface area contributed by atoms with E-state index in [1.165, 1.54) is 0 Å². The molecule has 1 amide bonds. The summed E-state index contributed by atoms with van der Waals surface area (Å²) in [5.74, 6) is 1.18. The van der Waals surface area contributed by atoms with Gasteiger partial charge in [-0.25, -0.2) is 0 Å². The molecule has 3 nitrogen and oxygen atoms in total. The van der Waals surface area contributed by atoms with Gasteiger partial charge >= 0.3 is 0 Å². The Hall–Kier alpha value is -1.00. The summed E-state index contributed by atoms with van der Waals surface area (Å²) in [6, 6.07) is 8.07. The van der Waals surface area contributed by atoms with Crippen LogP contribution in [-0.4, -0.2) is 24.7 Å². The molecular weight excluding hydrogens is 268 g/mol. The standard InChI is InChI=1S/C16H24N2OS/c1-3-9-16(10-11-17-12-16)15(19)18-13-7-5-6-8-14(13)20-4-2/h5-8,17H,3-4,9-12H2,1-2H3,(H,18,19). The molecule has 1 fully saturated rings. The lowest BCUT2D eigenvalue weighted by molar-refractivity contribution is -0.125. The average Bonchev–Trinajstić information content (AvgIpc) is 2.91. The number of anilines is 1. The first-order valence-electron chi connectivity index (χ1n) is 7.46. The Morgan fingerprint density at radius 1 is 1.40 bits per heavy atom. The SMILES string of the molecule is CCCC1(C(=O)Nc2ccccc2SCC)CCNC1. The fraction of sp³-hybridized carbons (Fsp3) is 0.562. The molecule has 1 heterocycles. The van der Waals surface area contributed by atoms with Gasteiger partial charge in [0.2, 0.25) is 5.91 Å². The number of hydrogen-bond donors (Lipinski definition) is 2. The molecule has 0 spiro atoms. The molecular formula is C16H24N2OS. The fourth-order valence-corrected chi connectivity index (χ4v) is 3.61. The van der Waals surface area contributed by atoms with E-state index in [0.29, 0.717) is 0 Å². The van der Waals surface area contributed by atoms with Crippen LogP contribution in [0.4, 0.5) is 5.69 Å². The van der Waals surface area contributed by atoms with Gasteiger partial charge in [-0.1, -0.05) is 32.4 Å². The highest BCUT2D eigenvalue weighted by Crippen LogP contribution is 2.34. The van der Waals surface area contributed by atoms with Gasteiger partial charge in [0.1, 0.15) is 0 Å². The smallest absolute Gasteiger partial charge is 0.231 e. The molecule has 1 aromatic carbocycles. The second-order valence-corrected chi connectivity index (χ2v) is 6.65. The maximum atomic E-state index is 12.7. The van der Waals surface area contributed by atoms with Crippen molar-refractivity contribution in [2.24, 2.45) is 5.41 Å². The van der Waals surface area contributed by atoms with Crippen LogP contribution in [0.2, 0.25) is 0 Å². The highest BCUT2D eigenvalue weighted by atomic mass is 32.2. The van der Waals surface area contributed by atoms with Gasteiger partial charge < -0.3 is 10.6 Å². The minimum atomic E-state index is -0.223. The van der Waals surface area contributed by atoms with E-state index in [-0.39, 0.29) is 11.3 Å². The summed E-state index contributed by atoms with van der Waals surface area (Å²) in [6.07, 6.45) is 2.94. The Kier molecular flexibility index (Phi) is 5.49. The average molecular weight is 292 g/mol. The Labute approximate surface area is 125 Å². The highest BCUT2D eigenvalue weighted by molar-refractivity contribution is 7.99. The van der Waals surface area contributed by atoms with Crippen molar-refractivity contribution in [1.82, 2.24) is 5.32 Å². The third-order valence-electron chi connectivity index (χ3n) is 3.89. The van der Waals surface area contributed by atoms with Gasteiger partial charge in [0.15, 0.2) is 0 Å². The van der Waals surface area contributed by atoms with E-state index in [1.54, 1.807) is 11.8 Å². The van der Waals surface area contributed by atoms with Crippen LogP contribution in [0.5, 0.6) is 0 Å². The number of carbonyl (C=O) groups excluding carboxylic acids is 1. The van der Waals surface area contributed by atoms with Crippen LogP contribution < -0.4 is 10.6 Å². The van der Waals surface area contributed by atoms with Crippen LogP contribution in [0.15, 0.2) is 29.2 Å². The van der Waals surface area contributed by atoms with Crippen molar-refractivity contribution in [2.45, 2.75) is 38.0 Å². The Bertz CT molecular complexity index is 456. The number of para-hydroxylation sites is 1. The lowest BCUT2D eigenvalue weighted by atomic mass is 9.81. The molecule has 1 aliphatic heterocycles. The van der Waals surface area contributed by atoms with E-state index < -0.39 is 0 Å². The van der Waals surface area contributed by atoms with Crippen LogP contribution in [0.1, 0.15) is 33.1 Å². The third kappa shape index (κ3) is 3.36. The van der Waals surface area contributed by atoms with Gasteiger partial charge in [0.25, 0.3) is 0 Å². The molecule has 110 valence electrons. The second kappa shape index (κ2) is 7.14. The van der Waals surface area contributed by atoms with Crippen LogP contribution in [0, 0.1) is 5.41 Å². The molecule has 1 saturated heterocycles. The molecule has 0 aliphatic carbocycles. The zero-order valence-electron chi connectivity index (χ0n) is 12.4. The first-order chi connectivity index (χ1) is 9.72. The molecule has 0 bridgehead atoms. The van der Waals surface area contributed by atoms with E-state index in [2.05, 4.69) is 30.5 Å². The largest absolute Gasteiger partial charge is 0.325 e. The Morgan fingerprint density at radius 3 is 2.85 bits per heavy atom. The van der Waals surface area contributed by atoms with E-state index in [4.69, 9.17) is 0 Å². The zero-order valence-corrected chi connectivity index (χ0v) is 13.2. The first kappa shape index (κ1) is 15.4. The van der Waals surface area contributed by atoms with E-state index in [0.717, 1.165) is 48.7 Å². The van der Waals surface area contributed by atoms with Crippen molar-refractivity contribution in [1.29, 1.82) is 0 Å². The van der Waals surface area contributed by atoms with Gasteiger partial charge in [-0.15, -0.1) is 11.8 Å². The highest BCUT2D eigenvalue weighted by Gasteiger charge is 2.40. The summed E-state index contributed by atoms with van der Waals surface area (Å²) in [7, 11) is 0. The van der Waals surface area contributed by atoms with Gasteiger partial charge in [0.05, 0.1) is 11.1 Å². The van der Waals surface area contributed by atoms with E-state index in [1.807, 2.05) is 18.2 Å². The molecule has 1 atom stereocenters. The number of benzene rings is 1. The molecule has 0 radical (unpaired) electrons. The molecule has 0 saturated carbocycles. The number of nitrogens with one attached hydrogen (secondary N) is 2. The summed E-state index contributed by atoms with van der Waals surface area (Å²) in [6.45, 7) is 6.02. The summed E-state index contributed by atoms with van der Waals surface area (Å²) in [5, 5.41) is 6.50. The van der Waals surface area contributed by atoms with Crippen molar-refractivity contribution in [2.75, 3.05) is 24.2 Å². The lowest BCUT2D eigenvalue weighted by Crippen LogP contribution is -2.38. The quantitative estimate of drug-likeness (QED) is 0.788. The number of rotatable bonds is 6. The fourth-order valence-electron chi connectivity index (χ4n) is 2.85. The molecule has 20 heavy (non-hydrogen) atoms. The molecule has 2 rings (SSSR count). The Balaban J connectivity index is 2.14. The molecule has 1 aromatic rings. The summed E-state index contributed by atoms with van der Waals surface area (Å²) < 4.78 is 0. The Morgan fingerprint density at radius 2 is 2.20 bits per heavy atom. The minimum Gasteiger partial charge on any atom is -0.325 e. The summed E-state index contributed by atoms with van der Waals surface area (Å²) >= 11 is 1.77. The first-order valence-corrected chi connectivity index (χ1v) is 8.44. The topological polar surface area (TPSA) is 41.1 Å². The minimum absolute atomic E-state index is 0.175. The van der Waals surface area contributed by atoms with Gasteiger partial charge in [0, 0.05) is 11.4 Å². The lowest BCUT2D eigenvalue weighted by Gasteiger charge is -2.27. The van der Waals surface area contributed by atoms with Crippen molar-refractivity contribution in [3.8, 4) is 0 Å². The summed E-state index contributed by atoms with van der Waals surface area (Å²) in [5.41, 5.74) is 0.727. The van der Waals surface area contributed by atoms with E-state index in [9.17, 15) is 4.79 Å². The molecule has 1 unspecified atom stereocenters. The van der Waals surface area contributed by atoms with Crippen LogP contribution in [-0.2, 0) is 4.79 Å².